The Kier molecular flexibility index (Phi) is 2.90. The summed E-state index contributed by atoms with van der Waals surface area (Å²) >= 11 is 0. The van der Waals surface area contributed by atoms with Crippen LogP contribution in [-0.4, -0.2) is 15.1 Å². The molecule has 0 saturated carbocycles. The maximum atomic E-state index is 9.23. The van der Waals surface area contributed by atoms with Crippen LogP contribution in [0.5, 0.6) is 0 Å². The van der Waals surface area contributed by atoms with Gasteiger partial charge < -0.3 is 10.1 Å². The fraction of sp³-hybridized carbons (Fsp3) is 0.222. The summed E-state index contributed by atoms with van der Waals surface area (Å²) in [7, 11) is 0. The summed E-state index contributed by atoms with van der Waals surface area (Å²) in [6.45, 7) is 1.69. The van der Waals surface area contributed by atoms with Crippen molar-refractivity contribution in [3.63, 3.8) is 0 Å². The van der Waals surface area contributed by atoms with Gasteiger partial charge in [-0.1, -0.05) is 12.1 Å². The number of aliphatic hydroxyl groups is 1. The second-order valence-corrected chi connectivity index (χ2v) is 2.82. The Labute approximate surface area is 82.2 Å². The molecule has 1 heterocycles. The summed E-state index contributed by atoms with van der Waals surface area (Å²) in [5, 5.41) is 9.23. The third-order valence-corrected chi connectivity index (χ3v) is 1.80. The molecule has 3 nitrogen and oxygen atoms in total. The number of H-pyrrole nitrogens is 1. The highest BCUT2D eigenvalue weighted by Crippen LogP contribution is 2.14. The lowest BCUT2D eigenvalue weighted by Crippen LogP contribution is -1.92. The van der Waals surface area contributed by atoms with Gasteiger partial charge >= 0.3 is 0 Å². The highest BCUT2D eigenvalue weighted by atomic mass is 35.5. The Morgan fingerprint density at radius 1 is 1.38 bits per heavy atom. The number of hydrogen-bond acceptors (Lipinski definition) is 2. The van der Waals surface area contributed by atoms with E-state index in [0.29, 0.717) is 5.82 Å². The summed E-state index contributed by atoms with van der Waals surface area (Å²) < 4.78 is 0. The number of nitrogens with zero attached hydrogens (tertiary/aromatic N) is 1. The van der Waals surface area contributed by atoms with E-state index < -0.39 is 6.10 Å². The Hall–Kier alpha value is -1.06. The van der Waals surface area contributed by atoms with Crippen molar-refractivity contribution in [2.24, 2.45) is 0 Å². The summed E-state index contributed by atoms with van der Waals surface area (Å²) in [6, 6.07) is 7.72. The fourth-order valence-corrected chi connectivity index (χ4v) is 1.17. The minimum Gasteiger partial charge on any atom is -0.385 e. The topological polar surface area (TPSA) is 48.9 Å². The summed E-state index contributed by atoms with van der Waals surface area (Å²) in [4.78, 5) is 7.24. The summed E-state index contributed by atoms with van der Waals surface area (Å²) in [6.07, 6.45) is -0.530. The van der Waals surface area contributed by atoms with Gasteiger partial charge in [-0.3, -0.25) is 0 Å². The van der Waals surface area contributed by atoms with Gasteiger partial charge in [0.15, 0.2) is 0 Å². The second-order valence-electron chi connectivity index (χ2n) is 2.82. The van der Waals surface area contributed by atoms with Gasteiger partial charge in [-0.15, -0.1) is 12.4 Å². The lowest BCUT2D eigenvalue weighted by atomic mass is 10.3. The number of halogens is 1. The van der Waals surface area contributed by atoms with Crippen LogP contribution in [-0.2, 0) is 0 Å². The first-order chi connectivity index (χ1) is 5.77. The van der Waals surface area contributed by atoms with E-state index >= 15 is 0 Å². The number of para-hydroxylation sites is 2. The van der Waals surface area contributed by atoms with Crippen LogP contribution in [0.4, 0.5) is 0 Å². The van der Waals surface area contributed by atoms with E-state index in [-0.39, 0.29) is 12.4 Å². The molecule has 0 fully saturated rings. The lowest BCUT2D eigenvalue weighted by molar-refractivity contribution is 0.190. The van der Waals surface area contributed by atoms with Crippen LogP contribution in [0, 0.1) is 0 Å². The Morgan fingerprint density at radius 2 is 2.08 bits per heavy atom. The molecule has 1 aromatic heterocycles. The first-order valence-electron chi connectivity index (χ1n) is 3.90. The zero-order chi connectivity index (χ0) is 8.55. The third kappa shape index (κ3) is 1.82. The van der Waals surface area contributed by atoms with E-state index in [9.17, 15) is 5.11 Å². The van der Waals surface area contributed by atoms with E-state index in [2.05, 4.69) is 9.97 Å². The normalized spacial score (nSPS) is 12.5. The zero-order valence-corrected chi connectivity index (χ0v) is 8.01. The minimum atomic E-state index is -0.530. The molecule has 0 bridgehead atoms. The van der Waals surface area contributed by atoms with Crippen molar-refractivity contribution >= 4 is 23.4 Å². The predicted molar refractivity (Wildman–Crippen MR) is 54.0 cm³/mol. The van der Waals surface area contributed by atoms with Gasteiger partial charge in [0, 0.05) is 0 Å². The van der Waals surface area contributed by atoms with Crippen molar-refractivity contribution in [2.45, 2.75) is 13.0 Å². The number of fused-ring (bicyclic) bond motifs is 1. The van der Waals surface area contributed by atoms with Gasteiger partial charge in [-0.25, -0.2) is 4.98 Å². The molecule has 0 aliphatic rings. The van der Waals surface area contributed by atoms with Gasteiger partial charge in [0.2, 0.25) is 0 Å². The monoisotopic (exact) mass is 198 g/mol. The van der Waals surface area contributed by atoms with Crippen molar-refractivity contribution < 1.29 is 5.11 Å². The number of aromatic amines is 1. The fourth-order valence-electron chi connectivity index (χ4n) is 1.17. The number of rotatable bonds is 1. The first kappa shape index (κ1) is 10.0. The van der Waals surface area contributed by atoms with Crippen LogP contribution in [0.15, 0.2) is 24.3 Å². The van der Waals surface area contributed by atoms with E-state index in [0.717, 1.165) is 11.0 Å². The molecule has 4 heteroatoms. The third-order valence-electron chi connectivity index (χ3n) is 1.80. The SMILES string of the molecule is CC(O)c1nc2ccccc2[nH]1.Cl. The van der Waals surface area contributed by atoms with Crippen molar-refractivity contribution in [1.82, 2.24) is 9.97 Å². The molecule has 2 rings (SSSR count). The molecule has 1 unspecified atom stereocenters. The van der Waals surface area contributed by atoms with Crippen LogP contribution in [0.2, 0.25) is 0 Å². The molecule has 0 aliphatic carbocycles. The average molecular weight is 199 g/mol. The maximum Gasteiger partial charge on any atom is 0.135 e. The highest BCUT2D eigenvalue weighted by Gasteiger charge is 2.05. The number of aromatic nitrogens is 2. The second kappa shape index (κ2) is 3.77. The summed E-state index contributed by atoms with van der Waals surface area (Å²) in [5.74, 6) is 0.621. The number of nitrogens with one attached hydrogen (secondary N) is 1. The number of hydrogen-bond donors (Lipinski definition) is 2. The molecule has 1 atom stereocenters. The van der Waals surface area contributed by atoms with Gasteiger partial charge in [0.1, 0.15) is 11.9 Å². The first-order valence-corrected chi connectivity index (χ1v) is 3.90. The highest BCUT2D eigenvalue weighted by molar-refractivity contribution is 5.85. The van der Waals surface area contributed by atoms with E-state index in [4.69, 9.17) is 0 Å². The number of benzene rings is 1. The van der Waals surface area contributed by atoms with Crippen LogP contribution in [0.25, 0.3) is 11.0 Å². The molecule has 0 amide bonds. The molecular formula is C9H11ClN2O. The van der Waals surface area contributed by atoms with Crippen LogP contribution >= 0.6 is 12.4 Å². The molecule has 2 aromatic rings. The van der Waals surface area contributed by atoms with Crippen molar-refractivity contribution in [3.05, 3.63) is 30.1 Å². The number of aliphatic hydroxyl groups excluding tert-OH is 1. The zero-order valence-electron chi connectivity index (χ0n) is 7.19. The number of imidazole rings is 1. The van der Waals surface area contributed by atoms with Crippen LogP contribution in [0.3, 0.4) is 0 Å². The predicted octanol–water partition coefficient (Wildman–Crippen LogP) is 2.04. The quantitative estimate of drug-likeness (QED) is 0.737. The van der Waals surface area contributed by atoms with Gasteiger partial charge in [0.05, 0.1) is 11.0 Å². The molecule has 0 saturated heterocycles. The molecule has 2 N–H and O–H groups in total. The van der Waals surface area contributed by atoms with Crippen molar-refractivity contribution in [2.75, 3.05) is 0 Å². The molecule has 0 radical (unpaired) electrons. The van der Waals surface area contributed by atoms with Crippen LogP contribution in [0.1, 0.15) is 18.9 Å². The molecule has 0 aliphatic heterocycles. The lowest BCUT2D eigenvalue weighted by Gasteiger charge is -1.95. The van der Waals surface area contributed by atoms with Gasteiger partial charge in [-0.2, -0.15) is 0 Å². The maximum absolute atomic E-state index is 9.23. The minimum absolute atomic E-state index is 0. The Balaban J connectivity index is 0.000000845. The largest absolute Gasteiger partial charge is 0.385 e. The van der Waals surface area contributed by atoms with Crippen molar-refractivity contribution in [3.8, 4) is 0 Å². The van der Waals surface area contributed by atoms with Gasteiger partial charge in [-0.05, 0) is 19.1 Å². The average Bonchev–Trinajstić information content (AvgIpc) is 2.46. The van der Waals surface area contributed by atoms with Crippen LogP contribution < -0.4 is 0 Å². The molecule has 1 aromatic carbocycles. The Morgan fingerprint density at radius 3 is 2.69 bits per heavy atom. The Bertz CT molecular complexity index is 364. The van der Waals surface area contributed by atoms with Crippen molar-refractivity contribution in [1.29, 1.82) is 0 Å². The standard InChI is InChI=1S/C9H10N2O.ClH/c1-6(12)9-10-7-4-2-3-5-8(7)11-9;/h2-6,12H,1H3,(H,10,11);1H. The summed E-state index contributed by atoms with van der Waals surface area (Å²) in [5.41, 5.74) is 1.86. The van der Waals surface area contributed by atoms with E-state index in [1.54, 1.807) is 6.92 Å². The molecule has 0 spiro atoms. The smallest absolute Gasteiger partial charge is 0.135 e. The van der Waals surface area contributed by atoms with E-state index in [1.807, 2.05) is 24.3 Å². The van der Waals surface area contributed by atoms with Gasteiger partial charge in [0.25, 0.3) is 0 Å². The molecule has 70 valence electrons. The molecule has 13 heavy (non-hydrogen) atoms. The van der Waals surface area contributed by atoms with E-state index in [1.165, 1.54) is 0 Å². The molecular weight excluding hydrogens is 188 g/mol.